The summed E-state index contributed by atoms with van der Waals surface area (Å²) < 4.78 is 0.184. The Bertz CT molecular complexity index is 3360. The van der Waals surface area contributed by atoms with Crippen LogP contribution in [-0.4, -0.2) is 178 Å². The van der Waals surface area contributed by atoms with Crippen molar-refractivity contribution in [3.05, 3.63) is 136 Å². The van der Waals surface area contributed by atoms with E-state index in [4.69, 9.17) is 0 Å². The number of nitrogens with zero attached hydrogens (tertiary/aromatic N) is 7. The molecule has 8 rings (SSSR count). The van der Waals surface area contributed by atoms with Gasteiger partial charge in [0.15, 0.2) is 5.78 Å². The molecule has 0 aromatic carbocycles. The third-order valence-electron chi connectivity index (χ3n) is 13.3. The van der Waals surface area contributed by atoms with Crippen molar-refractivity contribution < 1.29 is 118 Å². The molecule has 4 aliphatic heterocycles. The number of aromatic nitrogens is 4. The first-order chi connectivity index (χ1) is 39.2. The topological polar surface area (TPSA) is 409 Å². The quantitative estimate of drug-likeness (QED) is 0.0409. The van der Waals surface area contributed by atoms with Crippen molar-refractivity contribution >= 4 is 58.9 Å². The predicted molar refractivity (Wildman–Crippen MR) is 282 cm³/mol. The number of pyridine rings is 4. The Labute approximate surface area is 511 Å². The fourth-order valence-electron chi connectivity index (χ4n) is 8.85. The normalized spacial score (nSPS) is 16.3. The molecule has 1 fully saturated rings. The van der Waals surface area contributed by atoms with E-state index in [9.17, 15) is 88.0 Å². The number of carbonyl (C=O) groups is 10. The van der Waals surface area contributed by atoms with Gasteiger partial charge in [0.05, 0.1) is 6.54 Å². The average molecular weight is 1300 g/mol. The van der Waals surface area contributed by atoms with Gasteiger partial charge in [-0.1, -0.05) is 12.1 Å². The molecule has 0 aliphatic carbocycles. The molecule has 9 amide bonds. The Morgan fingerprint density at radius 2 is 1.01 bits per heavy atom. The SMILES string of the molecule is O=C(CCCC(=O)NCCCC[C@H]1CNC(=O)c2ccc(c(=O)n2O)C(=O)NCCCN(C(=O)c2cccc(=O)n2O)CCCCN(C(=O)c2cccc(=O)n2O)CCCNC(=O)c2ccc(n(O)c2=O)C(=O)N1)CN1C(=O)CCC1=O.[Eu]. The second-order valence-corrected chi connectivity index (χ2v) is 19.1. The maximum absolute atomic E-state index is 13.8. The zero-order valence-corrected chi connectivity index (χ0v) is 47.1. The van der Waals surface area contributed by atoms with Gasteiger partial charge < -0.3 is 57.2 Å². The molecule has 0 saturated carbocycles. The van der Waals surface area contributed by atoms with Crippen LogP contribution in [0.3, 0.4) is 0 Å². The van der Waals surface area contributed by atoms with Crippen LogP contribution in [0, 0.1) is 49.4 Å². The van der Waals surface area contributed by atoms with Crippen LogP contribution < -0.4 is 48.8 Å². The second-order valence-electron chi connectivity index (χ2n) is 19.1. The summed E-state index contributed by atoms with van der Waals surface area (Å²) in [6.07, 6.45) is 1.23. The first kappa shape index (κ1) is 65.5. The molecule has 8 heterocycles. The van der Waals surface area contributed by atoms with Crippen LogP contribution in [0.25, 0.3) is 0 Å². The van der Waals surface area contributed by atoms with E-state index >= 15 is 0 Å². The molecule has 0 spiro atoms. The predicted octanol–water partition coefficient (Wildman–Crippen LogP) is -1.70. The minimum atomic E-state index is -1.31. The summed E-state index contributed by atoms with van der Waals surface area (Å²) in [6.45, 7) is -1.25. The molecule has 1 atom stereocenters. The molecule has 1 radical (unpaired) electrons. The first-order valence-electron chi connectivity index (χ1n) is 26.3. The summed E-state index contributed by atoms with van der Waals surface area (Å²) in [5.41, 5.74) is -7.67. The van der Waals surface area contributed by atoms with Crippen LogP contribution in [0.2, 0.25) is 0 Å². The Hall–Kier alpha value is -8.32. The van der Waals surface area contributed by atoms with E-state index in [1.807, 2.05) is 0 Å². The molecule has 4 aromatic heterocycles. The molecule has 0 unspecified atom stereocenters. The molecule has 30 nitrogen and oxygen atoms in total. The number of fused-ring (bicyclic) bond motifs is 2. The molecular formula is C52H62EuN12O18. The molecule has 1 saturated heterocycles. The Morgan fingerprint density at radius 1 is 0.530 bits per heavy atom. The number of hydrogen-bond acceptors (Lipinski definition) is 18. The number of rotatable bonds is 13. The van der Waals surface area contributed by atoms with Crippen LogP contribution in [-0.2, 0) is 19.2 Å². The van der Waals surface area contributed by atoms with Gasteiger partial charge in [-0.2, -0.15) is 0 Å². The minimum Gasteiger partial charge on any atom is -0.425 e. The Kier molecular flexibility index (Phi) is 24.6. The molecule has 4 aliphatic rings. The average Bonchev–Trinajstić information content (AvgIpc) is 3.84. The van der Waals surface area contributed by atoms with Crippen LogP contribution in [0.15, 0.2) is 79.8 Å². The number of amides is 9. The Balaban J connectivity index is 0.0000126. The Morgan fingerprint density at radius 3 is 1.52 bits per heavy atom. The number of nitrogens with one attached hydrogen (secondary N) is 5. The summed E-state index contributed by atoms with van der Waals surface area (Å²) in [5, 5.41) is 55.3. The molecule has 9 N–H and O–H groups in total. The number of imide groups is 1. The van der Waals surface area contributed by atoms with Gasteiger partial charge in [0, 0.05) is 146 Å². The van der Waals surface area contributed by atoms with Gasteiger partial charge in [-0.25, -0.2) is 0 Å². The van der Waals surface area contributed by atoms with Gasteiger partial charge in [-0.15, -0.1) is 18.9 Å². The summed E-state index contributed by atoms with van der Waals surface area (Å²) in [7, 11) is 0. The van der Waals surface area contributed by atoms with Crippen molar-refractivity contribution in [1.82, 2.24) is 60.2 Å². The number of Topliss-reactive ketones (excluding diaryl/α,β-unsaturated/α-hetero) is 1. The number of unbranched alkanes of at least 4 members (excludes halogenated alkanes) is 1. The zero-order valence-electron chi connectivity index (χ0n) is 44.7. The fraction of sp³-hybridized carbons (Fsp3) is 0.423. The largest absolute Gasteiger partial charge is 0.425 e. The van der Waals surface area contributed by atoms with E-state index in [0.717, 1.165) is 41.3 Å². The van der Waals surface area contributed by atoms with Gasteiger partial charge in [0.25, 0.3) is 57.7 Å². The summed E-state index contributed by atoms with van der Waals surface area (Å²) in [6, 6.07) is 9.86. The van der Waals surface area contributed by atoms with Crippen LogP contribution in [0.4, 0.5) is 0 Å². The standard InChI is InChI=1S/C52H62N12O18.Eu/c65-33(31-60-41(67)21-22-42(60)68)11-5-14-40(66)53-23-2-1-10-32-30-56-47(73)36-19-17-34(49(75)63(36)81)45(71)54-24-8-28-58(51(77)38-12-6-15-43(69)61(38)79)26-3-4-27-59(52(78)39-13-7-16-44(70)62(39)80)29-9-25-55-46(72)35-18-20-37(48(74)57-32)64(82)50(35)76;/h6-7,12-13,15-20,32,79-82H,1-5,8-11,14,21-31H2,(H,53,66)(H,54,71)(H,55,72)(H,56,73)(H,57,74);/t32-;/m0./s1. The molecule has 445 valence electrons. The molecule has 4 aromatic rings. The third-order valence-corrected chi connectivity index (χ3v) is 13.3. The maximum Gasteiger partial charge on any atom is 0.296 e. The molecule has 83 heavy (non-hydrogen) atoms. The van der Waals surface area contributed by atoms with Gasteiger partial charge in [0.2, 0.25) is 17.7 Å². The zero-order chi connectivity index (χ0) is 59.6. The fourth-order valence-corrected chi connectivity index (χ4v) is 8.85. The minimum absolute atomic E-state index is 0. The van der Waals surface area contributed by atoms with Crippen molar-refractivity contribution in [2.24, 2.45) is 0 Å². The van der Waals surface area contributed by atoms with Crippen molar-refractivity contribution in [3.8, 4) is 0 Å². The van der Waals surface area contributed by atoms with Crippen LogP contribution in [0.1, 0.15) is 140 Å². The van der Waals surface area contributed by atoms with E-state index in [0.29, 0.717) is 6.42 Å². The number of likely N-dealkylation sites (tertiary alicyclic amines) is 1. The van der Waals surface area contributed by atoms with E-state index in [1.54, 1.807) is 0 Å². The van der Waals surface area contributed by atoms with E-state index < -0.39 is 122 Å². The summed E-state index contributed by atoms with van der Waals surface area (Å²) in [5.74, 6) is -7.26. The van der Waals surface area contributed by atoms with Crippen molar-refractivity contribution in [2.45, 2.75) is 83.1 Å². The van der Waals surface area contributed by atoms with Gasteiger partial charge in [-0.3, -0.25) is 72.0 Å². The van der Waals surface area contributed by atoms with E-state index in [1.165, 1.54) is 34.1 Å². The third kappa shape index (κ3) is 17.6. The van der Waals surface area contributed by atoms with Gasteiger partial charge in [-0.05, 0) is 87.8 Å². The van der Waals surface area contributed by atoms with Crippen molar-refractivity contribution in [2.75, 3.05) is 58.9 Å². The second kappa shape index (κ2) is 31.2. The summed E-state index contributed by atoms with van der Waals surface area (Å²) in [4.78, 5) is 184. The molecule has 4 bridgehead atoms. The number of ketones is 1. The molecular weight excluding hydrogens is 1230 g/mol. The van der Waals surface area contributed by atoms with Crippen LogP contribution >= 0.6 is 0 Å². The first-order valence-corrected chi connectivity index (χ1v) is 26.3. The summed E-state index contributed by atoms with van der Waals surface area (Å²) >= 11 is 0. The van der Waals surface area contributed by atoms with Gasteiger partial charge in [0.1, 0.15) is 33.9 Å². The van der Waals surface area contributed by atoms with E-state index in [-0.39, 0.29) is 197 Å². The van der Waals surface area contributed by atoms with Gasteiger partial charge >= 0.3 is 0 Å². The van der Waals surface area contributed by atoms with Crippen molar-refractivity contribution in [1.29, 1.82) is 0 Å². The smallest absolute Gasteiger partial charge is 0.296 e. The van der Waals surface area contributed by atoms with Crippen LogP contribution in [0.5, 0.6) is 0 Å². The monoisotopic (exact) mass is 1300 g/mol. The van der Waals surface area contributed by atoms with E-state index in [2.05, 4.69) is 26.6 Å². The number of carbonyl (C=O) groups excluding carboxylic acids is 10. The molecule has 31 heteroatoms. The number of hydrogen-bond donors (Lipinski definition) is 9. The van der Waals surface area contributed by atoms with Crippen molar-refractivity contribution in [3.63, 3.8) is 0 Å². The maximum atomic E-state index is 13.8.